The maximum Gasteiger partial charge on any atom is 0.265 e. The summed E-state index contributed by atoms with van der Waals surface area (Å²) in [6.07, 6.45) is 0.437. The van der Waals surface area contributed by atoms with Gasteiger partial charge < -0.3 is 10.4 Å². The summed E-state index contributed by atoms with van der Waals surface area (Å²) >= 11 is 1.08. The van der Waals surface area contributed by atoms with Crippen LogP contribution >= 0.6 is 11.5 Å². The largest absolute Gasteiger partial charge is 0.395 e. The van der Waals surface area contributed by atoms with Gasteiger partial charge in [-0.2, -0.15) is 0 Å². The van der Waals surface area contributed by atoms with E-state index in [9.17, 15) is 4.79 Å². The van der Waals surface area contributed by atoms with Crippen molar-refractivity contribution in [2.24, 2.45) is 0 Å². The van der Waals surface area contributed by atoms with Crippen molar-refractivity contribution in [1.29, 1.82) is 0 Å². The Hall–Kier alpha value is -2.23. The number of benzene rings is 1. The zero-order chi connectivity index (χ0) is 15.1. The van der Waals surface area contributed by atoms with E-state index in [0.717, 1.165) is 22.7 Å². The molecule has 0 saturated carbocycles. The molecule has 1 heterocycles. The molecule has 2 N–H and O–H groups in total. The molecule has 0 aliphatic rings. The number of rotatable bonds is 4. The number of aliphatic hydroxyl groups excluding tert-OH is 1. The first kappa shape index (κ1) is 15.2. The predicted molar refractivity (Wildman–Crippen MR) is 80.8 cm³/mol. The fraction of sp³-hybridized carbons (Fsp3) is 0.267. The number of carbonyl (C=O) groups excluding carboxylic acids is 1. The number of aryl methyl sites for hydroxylation is 1. The van der Waals surface area contributed by atoms with Crippen LogP contribution in [0.3, 0.4) is 0 Å². The van der Waals surface area contributed by atoms with Gasteiger partial charge in [-0.05, 0) is 30.1 Å². The Morgan fingerprint density at radius 2 is 2.24 bits per heavy atom. The molecule has 1 amide bonds. The van der Waals surface area contributed by atoms with Crippen LogP contribution in [-0.4, -0.2) is 27.2 Å². The molecule has 2 rings (SSSR count). The molecular weight excluding hydrogens is 286 g/mol. The van der Waals surface area contributed by atoms with Gasteiger partial charge in [0.2, 0.25) is 0 Å². The number of carbonyl (C=O) groups is 1. The molecule has 5 nitrogen and oxygen atoms in total. The maximum absolute atomic E-state index is 12.0. The van der Waals surface area contributed by atoms with E-state index in [1.807, 2.05) is 24.3 Å². The fourth-order valence-corrected chi connectivity index (χ4v) is 2.28. The van der Waals surface area contributed by atoms with Gasteiger partial charge in [0.25, 0.3) is 5.91 Å². The van der Waals surface area contributed by atoms with Gasteiger partial charge in [-0.1, -0.05) is 34.5 Å². The summed E-state index contributed by atoms with van der Waals surface area (Å²) in [6, 6.07) is 7.61. The lowest BCUT2D eigenvalue weighted by Crippen LogP contribution is -2.23. The van der Waals surface area contributed by atoms with E-state index in [1.165, 1.54) is 0 Å². The monoisotopic (exact) mass is 301 g/mol. The first-order valence-corrected chi connectivity index (χ1v) is 7.24. The molecule has 1 aromatic heterocycles. The zero-order valence-electron chi connectivity index (χ0n) is 11.6. The molecule has 108 valence electrons. The fourth-order valence-electron chi connectivity index (χ4n) is 1.71. The summed E-state index contributed by atoms with van der Waals surface area (Å²) < 4.78 is 3.75. The molecule has 0 fully saturated rings. The Balaban J connectivity index is 2.05. The van der Waals surface area contributed by atoms with E-state index in [0.29, 0.717) is 23.5 Å². The van der Waals surface area contributed by atoms with Crippen molar-refractivity contribution in [3.05, 3.63) is 46.0 Å². The Labute approximate surface area is 127 Å². The lowest BCUT2D eigenvalue weighted by atomic mass is 10.1. The smallest absolute Gasteiger partial charge is 0.265 e. The average molecular weight is 301 g/mol. The minimum atomic E-state index is -0.180. The molecule has 0 atom stereocenters. The lowest BCUT2D eigenvalue weighted by molar-refractivity contribution is 0.0954. The SMILES string of the molecule is Cc1nnsc1C(=O)NCc1ccccc1C#CCCO. The van der Waals surface area contributed by atoms with Crippen molar-refractivity contribution in [2.45, 2.75) is 19.9 Å². The zero-order valence-corrected chi connectivity index (χ0v) is 12.4. The molecule has 0 saturated heterocycles. The minimum Gasteiger partial charge on any atom is -0.395 e. The molecule has 2 aromatic rings. The van der Waals surface area contributed by atoms with E-state index >= 15 is 0 Å². The second-order valence-corrected chi connectivity index (χ2v) is 5.06. The average Bonchev–Trinajstić information content (AvgIpc) is 2.92. The highest BCUT2D eigenvalue weighted by Gasteiger charge is 2.12. The van der Waals surface area contributed by atoms with Crippen LogP contribution in [-0.2, 0) is 6.54 Å². The van der Waals surface area contributed by atoms with Crippen LogP contribution in [0.25, 0.3) is 0 Å². The molecule has 0 radical (unpaired) electrons. The molecule has 0 unspecified atom stereocenters. The summed E-state index contributed by atoms with van der Waals surface area (Å²) in [5.74, 6) is 5.71. The van der Waals surface area contributed by atoms with Crippen molar-refractivity contribution in [2.75, 3.05) is 6.61 Å². The molecule has 0 bridgehead atoms. The first-order chi connectivity index (χ1) is 10.2. The van der Waals surface area contributed by atoms with Crippen molar-refractivity contribution in [3.8, 4) is 11.8 Å². The summed E-state index contributed by atoms with van der Waals surface area (Å²) in [5, 5.41) is 15.4. The molecule has 21 heavy (non-hydrogen) atoms. The third-order valence-corrected chi connectivity index (χ3v) is 3.60. The van der Waals surface area contributed by atoms with Crippen LogP contribution in [0.15, 0.2) is 24.3 Å². The summed E-state index contributed by atoms with van der Waals surface area (Å²) in [5.41, 5.74) is 2.42. The van der Waals surface area contributed by atoms with Crippen molar-refractivity contribution in [1.82, 2.24) is 14.9 Å². The van der Waals surface area contributed by atoms with Crippen LogP contribution in [0.1, 0.15) is 32.9 Å². The van der Waals surface area contributed by atoms with Crippen LogP contribution in [0, 0.1) is 18.8 Å². The Morgan fingerprint density at radius 3 is 2.95 bits per heavy atom. The minimum absolute atomic E-state index is 0.0452. The van der Waals surface area contributed by atoms with E-state index in [2.05, 4.69) is 26.7 Å². The van der Waals surface area contributed by atoms with Gasteiger partial charge in [0, 0.05) is 18.5 Å². The third-order valence-electron chi connectivity index (χ3n) is 2.77. The van der Waals surface area contributed by atoms with Gasteiger partial charge in [0.1, 0.15) is 4.88 Å². The number of amides is 1. The second-order valence-electron chi connectivity index (χ2n) is 4.30. The second kappa shape index (κ2) is 7.53. The highest BCUT2D eigenvalue weighted by molar-refractivity contribution is 7.07. The standard InChI is InChI=1S/C15H15N3O2S/c1-11-14(21-18-17-11)15(20)16-10-13-8-3-2-6-12(13)7-4-5-9-19/h2-3,6,8,19H,5,9-10H2,1H3,(H,16,20). The molecule has 0 aliphatic carbocycles. The van der Waals surface area contributed by atoms with Crippen molar-refractivity contribution in [3.63, 3.8) is 0 Å². The van der Waals surface area contributed by atoms with Gasteiger partial charge in [-0.25, -0.2) is 0 Å². The number of aliphatic hydroxyl groups is 1. The number of nitrogens with zero attached hydrogens (tertiary/aromatic N) is 2. The quantitative estimate of drug-likeness (QED) is 0.839. The summed E-state index contributed by atoms with van der Waals surface area (Å²) in [7, 11) is 0. The maximum atomic E-state index is 12.0. The van der Waals surface area contributed by atoms with Gasteiger partial charge in [-0.3, -0.25) is 4.79 Å². The van der Waals surface area contributed by atoms with Gasteiger partial charge in [-0.15, -0.1) is 5.10 Å². The molecule has 0 spiro atoms. The van der Waals surface area contributed by atoms with Crippen LogP contribution in [0.5, 0.6) is 0 Å². The van der Waals surface area contributed by atoms with E-state index in [4.69, 9.17) is 5.11 Å². The number of hydrogen-bond acceptors (Lipinski definition) is 5. The first-order valence-electron chi connectivity index (χ1n) is 6.47. The number of nitrogens with one attached hydrogen (secondary N) is 1. The topological polar surface area (TPSA) is 75.1 Å². The normalized spacial score (nSPS) is 9.81. The predicted octanol–water partition coefficient (Wildman–Crippen LogP) is 1.51. The van der Waals surface area contributed by atoms with E-state index in [-0.39, 0.29) is 12.5 Å². The molecular formula is C15H15N3O2S. The Morgan fingerprint density at radius 1 is 1.43 bits per heavy atom. The van der Waals surface area contributed by atoms with E-state index < -0.39 is 0 Å². The van der Waals surface area contributed by atoms with Crippen molar-refractivity contribution < 1.29 is 9.90 Å². The van der Waals surface area contributed by atoms with Gasteiger partial charge >= 0.3 is 0 Å². The molecule has 6 heteroatoms. The van der Waals surface area contributed by atoms with Crippen LogP contribution in [0.2, 0.25) is 0 Å². The Kier molecular flexibility index (Phi) is 5.43. The van der Waals surface area contributed by atoms with Crippen LogP contribution < -0.4 is 5.32 Å². The number of aromatic nitrogens is 2. The van der Waals surface area contributed by atoms with E-state index in [1.54, 1.807) is 6.92 Å². The highest BCUT2D eigenvalue weighted by Crippen LogP contribution is 2.11. The molecule has 0 aliphatic heterocycles. The highest BCUT2D eigenvalue weighted by atomic mass is 32.1. The van der Waals surface area contributed by atoms with Crippen LogP contribution in [0.4, 0.5) is 0 Å². The van der Waals surface area contributed by atoms with Gasteiger partial charge in [0.05, 0.1) is 12.3 Å². The summed E-state index contributed by atoms with van der Waals surface area (Å²) in [6.45, 7) is 2.19. The van der Waals surface area contributed by atoms with Gasteiger partial charge in [0.15, 0.2) is 0 Å². The molecule has 1 aromatic carbocycles. The van der Waals surface area contributed by atoms with Crippen molar-refractivity contribution >= 4 is 17.4 Å². The lowest BCUT2D eigenvalue weighted by Gasteiger charge is -2.06. The third kappa shape index (κ3) is 4.12. The summed E-state index contributed by atoms with van der Waals surface area (Å²) in [4.78, 5) is 12.5. The Bertz CT molecular complexity index is 685. The number of hydrogen-bond donors (Lipinski definition) is 2.